The molecule has 178 valence electrons. The summed E-state index contributed by atoms with van der Waals surface area (Å²) in [5, 5.41) is 23.4. The number of carbonyl (C=O) groups excluding carboxylic acids is 1. The Balaban J connectivity index is 1.90. The molecule has 0 bridgehead atoms. The van der Waals surface area contributed by atoms with Gasteiger partial charge in [-0.25, -0.2) is 4.79 Å². The van der Waals surface area contributed by atoms with Gasteiger partial charge in [-0.3, -0.25) is 0 Å². The number of aliphatic hydroxyl groups is 2. The Bertz CT molecular complexity index is 1070. The summed E-state index contributed by atoms with van der Waals surface area (Å²) in [7, 11) is 0. The van der Waals surface area contributed by atoms with Crippen molar-refractivity contribution in [1.82, 2.24) is 9.88 Å². The molecule has 7 heteroatoms. The summed E-state index contributed by atoms with van der Waals surface area (Å²) >= 11 is 0. The van der Waals surface area contributed by atoms with Crippen LogP contribution in [0.5, 0.6) is 5.75 Å². The van der Waals surface area contributed by atoms with E-state index in [9.17, 15) is 15.0 Å². The lowest BCUT2D eigenvalue weighted by Crippen LogP contribution is -2.39. The van der Waals surface area contributed by atoms with Crippen molar-refractivity contribution in [3.8, 4) is 11.4 Å². The second-order valence-electron chi connectivity index (χ2n) is 8.19. The minimum Gasteiger partial charge on any atom is -0.491 e. The van der Waals surface area contributed by atoms with E-state index in [4.69, 9.17) is 9.47 Å². The highest BCUT2D eigenvalue weighted by Gasteiger charge is 2.22. The van der Waals surface area contributed by atoms with Gasteiger partial charge in [0.15, 0.2) is 0 Å². The molecule has 0 amide bonds. The van der Waals surface area contributed by atoms with Crippen LogP contribution in [-0.4, -0.2) is 59.3 Å². The second kappa shape index (κ2) is 11.3. The number of hydrogen-bond donors (Lipinski definition) is 3. The van der Waals surface area contributed by atoms with E-state index in [1.807, 2.05) is 67.8 Å². The summed E-state index contributed by atoms with van der Waals surface area (Å²) in [6.45, 7) is 8.42. The molecule has 2 aromatic carbocycles. The fourth-order valence-corrected chi connectivity index (χ4v) is 3.87. The molecule has 3 rings (SSSR count). The van der Waals surface area contributed by atoms with E-state index < -0.39 is 6.10 Å². The minimum atomic E-state index is -0.732. The van der Waals surface area contributed by atoms with Crippen LogP contribution in [0.1, 0.15) is 41.9 Å². The molecule has 0 radical (unpaired) electrons. The van der Waals surface area contributed by atoms with Crippen LogP contribution >= 0.6 is 0 Å². The molecule has 0 spiro atoms. The number of ether oxygens (including phenoxy) is 2. The highest BCUT2D eigenvalue weighted by Crippen LogP contribution is 2.32. The van der Waals surface area contributed by atoms with Crippen LogP contribution in [-0.2, 0) is 4.74 Å². The van der Waals surface area contributed by atoms with E-state index in [0.717, 1.165) is 34.3 Å². The van der Waals surface area contributed by atoms with E-state index in [2.05, 4.69) is 5.32 Å². The molecule has 1 aromatic heterocycles. The van der Waals surface area contributed by atoms with Crippen molar-refractivity contribution in [2.75, 3.05) is 26.4 Å². The zero-order valence-corrected chi connectivity index (χ0v) is 19.8. The normalized spacial score (nSPS) is 13.2. The minimum absolute atomic E-state index is 0.0225. The van der Waals surface area contributed by atoms with Gasteiger partial charge in [0.1, 0.15) is 18.5 Å². The highest BCUT2D eigenvalue weighted by atomic mass is 16.5. The zero-order valence-electron chi connectivity index (χ0n) is 19.8. The summed E-state index contributed by atoms with van der Waals surface area (Å²) < 4.78 is 13.2. The van der Waals surface area contributed by atoms with Crippen LogP contribution in [0.2, 0.25) is 0 Å². The summed E-state index contributed by atoms with van der Waals surface area (Å²) in [5.74, 6) is 0.184. The molecule has 1 heterocycles. The number of benzene rings is 2. The molecule has 0 fully saturated rings. The van der Waals surface area contributed by atoms with Crippen LogP contribution < -0.4 is 10.1 Å². The molecule has 0 aliphatic carbocycles. The summed E-state index contributed by atoms with van der Waals surface area (Å²) in [6, 6.07) is 13.7. The molecule has 2 atom stereocenters. The first kappa shape index (κ1) is 24.8. The highest BCUT2D eigenvalue weighted by molar-refractivity contribution is 6.07. The Morgan fingerprint density at radius 1 is 1.12 bits per heavy atom. The summed E-state index contributed by atoms with van der Waals surface area (Å²) in [4.78, 5) is 12.8. The Morgan fingerprint density at radius 2 is 1.85 bits per heavy atom. The van der Waals surface area contributed by atoms with E-state index in [1.54, 1.807) is 6.92 Å². The summed E-state index contributed by atoms with van der Waals surface area (Å²) in [5.41, 5.74) is 4.30. The fourth-order valence-electron chi connectivity index (χ4n) is 3.87. The molecule has 0 unspecified atom stereocenters. The van der Waals surface area contributed by atoms with Gasteiger partial charge in [0.25, 0.3) is 0 Å². The number of aromatic nitrogens is 1. The topological polar surface area (TPSA) is 93.0 Å². The Morgan fingerprint density at radius 3 is 2.48 bits per heavy atom. The third kappa shape index (κ3) is 5.74. The van der Waals surface area contributed by atoms with E-state index in [-0.39, 0.29) is 31.8 Å². The van der Waals surface area contributed by atoms with Gasteiger partial charge in [0.05, 0.1) is 24.3 Å². The lowest BCUT2D eigenvalue weighted by atomic mass is 10.1. The number of hydrogen-bond acceptors (Lipinski definition) is 6. The molecule has 0 saturated heterocycles. The molecule has 3 N–H and O–H groups in total. The number of carbonyl (C=O) groups is 1. The number of nitrogens with one attached hydrogen (secondary N) is 1. The average molecular weight is 455 g/mol. The number of rotatable bonds is 11. The lowest BCUT2D eigenvalue weighted by Gasteiger charge is -2.18. The van der Waals surface area contributed by atoms with Crippen LogP contribution in [0.15, 0.2) is 42.5 Å². The predicted octanol–water partition coefficient (Wildman–Crippen LogP) is 3.52. The predicted molar refractivity (Wildman–Crippen MR) is 129 cm³/mol. The van der Waals surface area contributed by atoms with Gasteiger partial charge in [-0.2, -0.15) is 0 Å². The molecule has 0 aliphatic heterocycles. The van der Waals surface area contributed by atoms with E-state index in [0.29, 0.717) is 17.9 Å². The van der Waals surface area contributed by atoms with Gasteiger partial charge < -0.3 is 29.6 Å². The molecular formula is C26H34N2O5. The molecular weight excluding hydrogens is 420 g/mol. The third-order valence-corrected chi connectivity index (χ3v) is 5.74. The fraction of sp³-hybridized carbons (Fsp3) is 0.423. The average Bonchev–Trinajstić information content (AvgIpc) is 3.10. The standard InChI is InChI=1S/C26H34N2O5/c1-5-19(15-29)27-14-21(30)16-33-22-11-12-24-23(13-22)25(26(31)32-6-2)18(4)28(24)20-9-7-17(3)8-10-20/h7-13,19,21,27,29-30H,5-6,14-16H2,1-4H3/t19-,21+/m0/s1. The monoisotopic (exact) mass is 454 g/mol. The Kier molecular flexibility index (Phi) is 8.49. The van der Waals surface area contributed by atoms with Gasteiger partial charge in [-0.15, -0.1) is 0 Å². The van der Waals surface area contributed by atoms with Crippen LogP contribution in [0.25, 0.3) is 16.6 Å². The number of nitrogens with zero attached hydrogens (tertiary/aromatic N) is 1. The van der Waals surface area contributed by atoms with Gasteiger partial charge in [-0.05, 0) is 57.5 Å². The third-order valence-electron chi connectivity index (χ3n) is 5.74. The molecule has 0 aliphatic rings. The molecule has 33 heavy (non-hydrogen) atoms. The maximum atomic E-state index is 12.8. The largest absolute Gasteiger partial charge is 0.491 e. The van der Waals surface area contributed by atoms with Gasteiger partial charge in [0, 0.05) is 29.4 Å². The molecule has 3 aromatic rings. The van der Waals surface area contributed by atoms with Crippen molar-refractivity contribution in [3.05, 3.63) is 59.3 Å². The maximum absolute atomic E-state index is 12.8. The van der Waals surface area contributed by atoms with Crippen molar-refractivity contribution in [1.29, 1.82) is 0 Å². The number of fused-ring (bicyclic) bond motifs is 1. The SMILES string of the molecule is CCOC(=O)c1c(C)n(-c2ccc(C)cc2)c2ccc(OC[C@H](O)CN[C@@H](CC)CO)cc12. The number of esters is 1. The van der Waals surface area contributed by atoms with Gasteiger partial charge in [0.2, 0.25) is 0 Å². The van der Waals surface area contributed by atoms with Crippen LogP contribution in [0.3, 0.4) is 0 Å². The smallest absolute Gasteiger partial charge is 0.340 e. The van der Waals surface area contributed by atoms with Crippen molar-refractivity contribution >= 4 is 16.9 Å². The quantitative estimate of drug-likeness (QED) is 0.384. The first-order chi connectivity index (χ1) is 15.9. The van der Waals surface area contributed by atoms with Crippen molar-refractivity contribution in [2.24, 2.45) is 0 Å². The summed E-state index contributed by atoms with van der Waals surface area (Å²) in [6.07, 6.45) is 0.0408. The van der Waals surface area contributed by atoms with Crippen LogP contribution in [0, 0.1) is 13.8 Å². The first-order valence-corrected chi connectivity index (χ1v) is 11.4. The van der Waals surface area contributed by atoms with Gasteiger partial charge in [-0.1, -0.05) is 24.6 Å². The Hall–Kier alpha value is -2.87. The number of aliphatic hydroxyl groups excluding tert-OH is 2. The second-order valence-corrected chi connectivity index (χ2v) is 8.19. The first-order valence-electron chi connectivity index (χ1n) is 11.4. The lowest BCUT2D eigenvalue weighted by molar-refractivity contribution is 0.0527. The van der Waals surface area contributed by atoms with Crippen molar-refractivity contribution in [2.45, 2.75) is 46.3 Å². The van der Waals surface area contributed by atoms with Crippen LogP contribution in [0.4, 0.5) is 0 Å². The zero-order chi connectivity index (χ0) is 24.0. The van der Waals surface area contributed by atoms with Crippen molar-refractivity contribution in [3.63, 3.8) is 0 Å². The number of aryl methyl sites for hydroxylation is 1. The van der Waals surface area contributed by atoms with Gasteiger partial charge >= 0.3 is 5.97 Å². The molecule has 7 nitrogen and oxygen atoms in total. The Labute approximate surface area is 194 Å². The van der Waals surface area contributed by atoms with E-state index >= 15 is 0 Å². The maximum Gasteiger partial charge on any atom is 0.340 e. The van der Waals surface area contributed by atoms with E-state index in [1.165, 1.54) is 0 Å². The molecule has 0 saturated carbocycles. The van der Waals surface area contributed by atoms with Crippen molar-refractivity contribution < 1.29 is 24.5 Å².